The number of benzene rings is 4. The molecule has 5 aromatic rings. The molecule has 10 heteroatoms. The Bertz CT molecular complexity index is 1900. The summed E-state index contributed by atoms with van der Waals surface area (Å²) in [5, 5.41) is 15.9. The van der Waals surface area contributed by atoms with Crippen LogP contribution in [0.3, 0.4) is 0 Å². The molecule has 0 spiro atoms. The van der Waals surface area contributed by atoms with Gasteiger partial charge in [0, 0.05) is 24.3 Å². The number of H-pyrrole nitrogens is 1. The Morgan fingerprint density at radius 1 is 0.881 bits per heavy atom. The smallest absolute Gasteiger partial charge is 0.269 e. The minimum Gasteiger partial charge on any atom is -0.323 e. The molecular formula is C32H22N6O4. The topological polar surface area (TPSA) is 134 Å². The second-order valence-electron chi connectivity index (χ2n) is 10.8. The molecule has 0 saturated carbocycles. The van der Waals surface area contributed by atoms with E-state index in [1.807, 2.05) is 72.8 Å². The Morgan fingerprint density at radius 2 is 1.52 bits per heavy atom. The lowest BCUT2D eigenvalue weighted by Gasteiger charge is -2.52. The number of fused-ring (bicyclic) bond motifs is 1. The molecule has 2 bridgehead atoms. The number of nitro benzene ring substituents is 1. The number of carbonyl (C=O) groups excluding carboxylic acids is 2. The number of non-ortho nitro benzene ring substituents is 1. The SMILES string of the molecule is O=C1[C@@H]2C3c4ccccc4C(/C=N\Nc4nc5ccccc5[nH]4)(c4ccccc43)[C@@H]2C(=O)N1c1ccc([N+](=O)[O-])cc1. The zero-order valence-corrected chi connectivity index (χ0v) is 22.0. The molecule has 0 unspecified atom stereocenters. The van der Waals surface area contributed by atoms with Crippen molar-refractivity contribution in [2.45, 2.75) is 11.3 Å². The summed E-state index contributed by atoms with van der Waals surface area (Å²) in [6.45, 7) is 0. The molecule has 0 radical (unpaired) electrons. The van der Waals surface area contributed by atoms with Gasteiger partial charge in [0.15, 0.2) is 0 Å². The van der Waals surface area contributed by atoms with Crippen molar-refractivity contribution in [2.24, 2.45) is 16.9 Å². The van der Waals surface area contributed by atoms with Gasteiger partial charge in [-0.25, -0.2) is 15.3 Å². The lowest BCUT2D eigenvalue weighted by atomic mass is 9.47. The van der Waals surface area contributed by atoms with Crippen LogP contribution < -0.4 is 10.3 Å². The van der Waals surface area contributed by atoms with Crippen LogP contribution in [-0.4, -0.2) is 32.9 Å². The van der Waals surface area contributed by atoms with Gasteiger partial charge >= 0.3 is 0 Å². The number of hydrazone groups is 1. The molecule has 1 aliphatic heterocycles. The Balaban J connectivity index is 1.29. The van der Waals surface area contributed by atoms with E-state index in [4.69, 9.17) is 0 Å². The fourth-order valence-electron chi connectivity index (χ4n) is 7.23. The van der Waals surface area contributed by atoms with Crippen LogP contribution >= 0.6 is 0 Å². The normalized spacial score (nSPS) is 23.7. The van der Waals surface area contributed by atoms with Crippen molar-refractivity contribution in [1.82, 2.24) is 9.97 Å². The summed E-state index contributed by atoms with van der Waals surface area (Å²) in [6, 6.07) is 29.0. The Kier molecular flexibility index (Phi) is 5.00. The minimum absolute atomic E-state index is 0.115. The molecular weight excluding hydrogens is 532 g/mol. The van der Waals surface area contributed by atoms with E-state index in [0.29, 0.717) is 11.6 Å². The van der Waals surface area contributed by atoms with Gasteiger partial charge in [-0.1, -0.05) is 60.7 Å². The average Bonchev–Trinajstić information content (AvgIpc) is 3.55. The van der Waals surface area contributed by atoms with Crippen LogP contribution in [0.1, 0.15) is 28.2 Å². The van der Waals surface area contributed by atoms with Gasteiger partial charge in [-0.05, 0) is 46.5 Å². The summed E-state index contributed by atoms with van der Waals surface area (Å²) in [4.78, 5) is 48.3. The van der Waals surface area contributed by atoms with E-state index in [-0.39, 0.29) is 23.4 Å². The van der Waals surface area contributed by atoms with Crippen molar-refractivity contribution < 1.29 is 14.5 Å². The molecule has 10 nitrogen and oxygen atoms in total. The second-order valence-corrected chi connectivity index (χ2v) is 10.8. The van der Waals surface area contributed by atoms with Gasteiger partial charge in [0.25, 0.3) is 5.69 Å². The largest absolute Gasteiger partial charge is 0.323 e. The Morgan fingerprint density at radius 3 is 2.19 bits per heavy atom. The first-order chi connectivity index (χ1) is 20.5. The van der Waals surface area contributed by atoms with Gasteiger partial charge in [0.1, 0.15) is 0 Å². The zero-order valence-electron chi connectivity index (χ0n) is 22.0. The number of anilines is 2. The molecule has 1 saturated heterocycles. The third-order valence-corrected chi connectivity index (χ3v) is 8.83. The van der Waals surface area contributed by atoms with Crippen LogP contribution in [-0.2, 0) is 15.0 Å². The third-order valence-electron chi connectivity index (χ3n) is 8.83. The van der Waals surface area contributed by atoms with E-state index in [0.717, 1.165) is 33.3 Å². The second kappa shape index (κ2) is 8.68. The summed E-state index contributed by atoms with van der Waals surface area (Å²) >= 11 is 0. The van der Waals surface area contributed by atoms with E-state index in [1.165, 1.54) is 29.2 Å². The number of hydrogen-bond donors (Lipinski definition) is 2. The van der Waals surface area contributed by atoms with Gasteiger partial charge in [-0.3, -0.25) is 19.7 Å². The van der Waals surface area contributed by atoms with Crippen molar-refractivity contribution in [3.8, 4) is 0 Å². The van der Waals surface area contributed by atoms with Gasteiger partial charge in [-0.15, -0.1) is 0 Å². The van der Waals surface area contributed by atoms with Crippen molar-refractivity contribution in [1.29, 1.82) is 0 Å². The van der Waals surface area contributed by atoms with Gasteiger partial charge in [0.05, 0.1) is 38.9 Å². The summed E-state index contributed by atoms with van der Waals surface area (Å²) in [5.74, 6) is -1.99. The maximum absolute atomic E-state index is 14.4. The fourth-order valence-corrected chi connectivity index (χ4v) is 7.23. The molecule has 204 valence electrons. The van der Waals surface area contributed by atoms with Crippen molar-refractivity contribution in [2.75, 3.05) is 10.3 Å². The molecule has 1 aromatic heterocycles. The predicted octanol–water partition coefficient (Wildman–Crippen LogP) is 5.12. The van der Waals surface area contributed by atoms with Crippen LogP contribution in [0.25, 0.3) is 11.0 Å². The van der Waals surface area contributed by atoms with E-state index < -0.39 is 22.2 Å². The number of carbonyl (C=O) groups is 2. The highest BCUT2D eigenvalue weighted by molar-refractivity contribution is 6.25. The maximum atomic E-state index is 14.4. The molecule has 2 amide bonds. The molecule has 1 fully saturated rings. The number of rotatable bonds is 5. The number of imide groups is 1. The van der Waals surface area contributed by atoms with Gasteiger partial charge in [-0.2, -0.15) is 5.10 Å². The number of nitrogens with zero attached hydrogens (tertiary/aromatic N) is 4. The standard InChI is InChI=1S/C32H22N6O4/c39-29-27-26-20-7-1-3-9-22(20)32(23-10-4-2-8-21(23)26,17-33-36-31-34-24-11-5-6-12-25(24)35-31)28(27)30(40)37(29)18-13-15-19(16-14-18)38(41)42/h1-17,26-28H,(H2,34,35,36)/b33-17-/t26?,27-,28+,32?/m1/s1. The maximum Gasteiger partial charge on any atom is 0.269 e. The van der Waals surface area contributed by atoms with Crippen molar-refractivity contribution in [3.05, 3.63) is 129 Å². The number of nitro groups is 1. The zero-order chi connectivity index (χ0) is 28.6. The van der Waals surface area contributed by atoms with Crippen LogP contribution in [0.4, 0.5) is 17.3 Å². The monoisotopic (exact) mass is 554 g/mol. The highest BCUT2D eigenvalue weighted by Crippen LogP contribution is 2.63. The van der Waals surface area contributed by atoms with Crippen LogP contribution in [0.5, 0.6) is 0 Å². The van der Waals surface area contributed by atoms with Crippen LogP contribution in [0.2, 0.25) is 0 Å². The fraction of sp³-hybridized carbons (Fsp3) is 0.125. The summed E-state index contributed by atoms with van der Waals surface area (Å²) in [6.07, 6.45) is 1.75. The molecule has 4 aromatic carbocycles. The van der Waals surface area contributed by atoms with Crippen LogP contribution in [0.15, 0.2) is 102 Å². The lowest BCUT2D eigenvalue weighted by Crippen LogP contribution is -2.54. The van der Waals surface area contributed by atoms with E-state index in [1.54, 1.807) is 6.21 Å². The average molecular weight is 555 g/mol. The molecule has 4 aliphatic rings. The summed E-state index contributed by atoms with van der Waals surface area (Å²) < 4.78 is 0. The predicted molar refractivity (Wildman–Crippen MR) is 156 cm³/mol. The number of imidazole rings is 1. The van der Waals surface area contributed by atoms with E-state index >= 15 is 0 Å². The minimum atomic E-state index is -1.05. The van der Waals surface area contributed by atoms with E-state index in [2.05, 4.69) is 20.5 Å². The van der Waals surface area contributed by atoms with Crippen LogP contribution in [0, 0.1) is 22.0 Å². The first kappa shape index (κ1) is 24.2. The number of amides is 2. The number of aromatic nitrogens is 2. The summed E-state index contributed by atoms with van der Waals surface area (Å²) in [5.41, 5.74) is 7.64. The molecule has 2 N–H and O–H groups in total. The first-order valence-corrected chi connectivity index (χ1v) is 13.5. The molecule has 3 aliphatic carbocycles. The number of nitrogens with one attached hydrogen (secondary N) is 2. The molecule has 2 heterocycles. The van der Waals surface area contributed by atoms with Gasteiger partial charge in [0.2, 0.25) is 17.8 Å². The van der Waals surface area contributed by atoms with E-state index in [9.17, 15) is 19.7 Å². The number of hydrogen-bond acceptors (Lipinski definition) is 7. The first-order valence-electron chi connectivity index (χ1n) is 13.5. The highest BCUT2D eigenvalue weighted by Gasteiger charge is 2.68. The third kappa shape index (κ3) is 3.14. The van der Waals surface area contributed by atoms with Crippen molar-refractivity contribution in [3.63, 3.8) is 0 Å². The Hall–Kier alpha value is -5.64. The quantitative estimate of drug-likeness (QED) is 0.134. The lowest BCUT2D eigenvalue weighted by molar-refractivity contribution is -0.384. The molecule has 9 rings (SSSR count). The van der Waals surface area contributed by atoms with Crippen molar-refractivity contribution >= 4 is 46.4 Å². The Labute approximate surface area is 238 Å². The summed E-state index contributed by atoms with van der Waals surface area (Å²) in [7, 11) is 0. The molecule has 2 atom stereocenters. The molecule has 42 heavy (non-hydrogen) atoms. The van der Waals surface area contributed by atoms with Gasteiger partial charge < -0.3 is 4.98 Å². The highest BCUT2D eigenvalue weighted by atomic mass is 16.6. The number of para-hydroxylation sites is 2. The number of aromatic amines is 1.